The number of hydrogen-bond donors (Lipinski definition) is 2. The maximum absolute atomic E-state index is 13.2. The monoisotopic (exact) mass is 491 g/mol. The summed E-state index contributed by atoms with van der Waals surface area (Å²) in [6, 6.07) is 11.0. The van der Waals surface area contributed by atoms with Crippen LogP contribution in [0.3, 0.4) is 0 Å². The Morgan fingerprint density at radius 2 is 1.88 bits per heavy atom. The van der Waals surface area contributed by atoms with Gasteiger partial charge in [-0.05, 0) is 37.1 Å². The van der Waals surface area contributed by atoms with Gasteiger partial charge in [0.25, 0.3) is 15.9 Å². The minimum absolute atomic E-state index is 0.00833. The zero-order valence-electron chi connectivity index (χ0n) is 20.2. The summed E-state index contributed by atoms with van der Waals surface area (Å²) >= 11 is 0. The van der Waals surface area contributed by atoms with E-state index in [1.807, 2.05) is 6.92 Å². The molecule has 0 saturated carbocycles. The van der Waals surface area contributed by atoms with Gasteiger partial charge in [0.1, 0.15) is 23.0 Å². The van der Waals surface area contributed by atoms with Crippen molar-refractivity contribution in [2.24, 2.45) is 5.92 Å². The van der Waals surface area contributed by atoms with Crippen LogP contribution in [0.4, 0.5) is 5.69 Å². The molecular formula is C24H33N3O6S. The second-order valence-corrected chi connectivity index (χ2v) is 10.2. The van der Waals surface area contributed by atoms with Gasteiger partial charge in [-0.3, -0.25) is 9.52 Å². The molecule has 186 valence electrons. The summed E-state index contributed by atoms with van der Waals surface area (Å²) in [6.45, 7) is 5.48. The van der Waals surface area contributed by atoms with Crippen LogP contribution in [-0.2, 0) is 14.8 Å². The van der Waals surface area contributed by atoms with Gasteiger partial charge in [0.2, 0.25) is 0 Å². The lowest BCUT2D eigenvalue weighted by Gasteiger charge is -2.30. The number of methoxy groups -OCH3 is 2. The van der Waals surface area contributed by atoms with Crippen molar-refractivity contribution in [3.8, 4) is 11.5 Å². The number of nitrogens with one attached hydrogen (secondary N) is 2. The quantitative estimate of drug-likeness (QED) is 0.662. The third-order valence-corrected chi connectivity index (χ3v) is 7.26. The topological polar surface area (TPSA) is 106 Å². The van der Waals surface area contributed by atoms with Crippen LogP contribution in [0, 0.1) is 5.92 Å². The van der Waals surface area contributed by atoms with Crippen molar-refractivity contribution < 1.29 is 27.4 Å². The predicted molar refractivity (Wildman–Crippen MR) is 130 cm³/mol. The second kappa shape index (κ2) is 11.1. The van der Waals surface area contributed by atoms with Gasteiger partial charge in [0.05, 0.1) is 24.5 Å². The van der Waals surface area contributed by atoms with Crippen molar-refractivity contribution in [3.63, 3.8) is 0 Å². The third-order valence-electron chi connectivity index (χ3n) is 5.84. The van der Waals surface area contributed by atoms with Crippen LogP contribution in [0.1, 0.15) is 24.2 Å². The molecular weight excluding hydrogens is 458 g/mol. The summed E-state index contributed by atoms with van der Waals surface area (Å²) in [4.78, 5) is 14.8. The van der Waals surface area contributed by atoms with Gasteiger partial charge in [-0.15, -0.1) is 0 Å². The molecule has 1 amide bonds. The van der Waals surface area contributed by atoms with E-state index >= 15 is 0 Å². The maximum Gasteiger partial charge on any atom is 0.265 e. The number of likely N-dealkylation sites (N-methyl/N-ethyl adjacent to an activating group) is 1. The van der Waals surface area contributed by atoms with Crippen molar-refractivity contribution in [3.05, 3.63) is 48.0 Å². The molecule has 0 aromatic heterocycles. The van der Waals surface area contributed by atoms with E-state index in [2.05, 4.69) is 17.0 Å². The molecule has 1 heterocycles. The lowest BCUT2D eigenvalue weighted by molar-refractivity contribution is 0.0281. The molecule has 0 spiro atoms. The molecule has 9 nitrogen and oxygen atoms in total. The van der Waals surface area contributed by atoms with E-state index in [0.717, 1.165) is 0 Å². The largest absolute Gasteiger partial charge is 0.495 e. The highest BCUT2D eigenvalue weighted by Crippen LogP contribution is 2.29. The van der Waals surface area contributed by atoms with Crippen molar-refractivity contribution in [1.82, 2.24) is 10.2 Å². The normalized spacial score (nSPS) is 22.1. The van der Waals surface area contributed by atoms with Gasteiger partial charge in [-0.1, -0.05) is 19.1 Å². The SMILES string of the molecule is COc1ccccc1S(=O)(=O)Nc1ccc2c(c1)OC[C@@H](C)NC[C@@H](C)[C@@H](OC)CN(C)C2=O. The highest BCUT2D eigenvalue weighted by molar-refractivity contribution is 7.92. The average Bonchev–Trinajstić information content (AvgIpc) is 2.83. The smallest absolute Gasteiger partial charge is 0.265 e. The number of nitrogens with zero attached hydrogens (tertiary/aromatic N) is 1. The number of benzene rings is 2. The molecule has 0 saturated heterocycles. The van der Waals surface area contributed by atoms with E-state index in [0.29, 0.717) is 31.0 Å². The first-order chi connectivity index (χ1) is 16.2. The summed E-state index contributed by atoms with van der Waals surface area (Å²) in [5.74, 6) is 0.488. The summed E-state index contributed by atoms with van der Waals surface area (Å²) < 4.78 is 45.4. The number of sulfonamides is 1. The Hall–Kier alpha value is -2.82. The molecule has 2 aromatic carbocycles. The van der Waals surface area contributed by atoms with Gasteiger partial charge in [0, 0.05) is 39.4 Å². The first kappa shape index (κ1) is 25.8. The molecule has 2 N–H and O–H groups in total. The molecule has 1 aliphatic rings. The van der Waals surface area contributed by atoms with Crippen molar-refractivity contribution >= 4 is 21.6 Å². The van der Waals surface area contributed by atoms with Gasteiger partial charge in [0.15, 0.2) is 0 Å². The van der Waals surface area contributed by atoms with Gasteiger partial charge in [-0.25, -0.2) is 8.42 Å². The van der Waals surface area contributed by atoms with Crippen molar-refractivity contribution in [2.75, 3.05) is 45.7 Å². The number of fused-ring (bicyclic) bond motifs is 1. The molecule has 0 radical (unpaired) electrons. The fourth-order valence-corrected chi connectivity index (χ4v) is 4.99. The Kier molecular flexibility index (Phi) is 8.40. The molecule has 3 rings (SSSR count). The Labute approximate surface area is 201 Å². The predicted octanol–water partition coefficient (Wildman–Crippen LogP) is 2.59. The minimum Gasteiger partial charge on any atom is -0.495 e. The molecule has 0 unspecified atom stereocenters. The van der Waals surface area contributed by atoms with Gasteiger partial charge >= 0.3 is 0 Å². The zero-order chi connectivity index (χ0) is 24.9. The first-order valence-corrected chi connectivity index (χ1v) is 12.6. The van der Waals surface area contributed by atoms with E-state index in [-0.39, 0.29) is 40.3 Å². The van der Waals surface area contributed by atoms with Crippen molar-refractivity contribution in [1.29, 1.82) is 0 Å². The minimum atomic E-state index is -3.93. The zero-order valence-corrected chi connectivity index (χ0v) is 21.0. The molecule has 10 heteroatoms. The van der Waals surface area contributed by atoms with Crippen LogP contribution in [0.25, 0.3) is 0 Å². The fourth-order valence-electron chi connectivity index (χ4n) is 3.77. The summed E-state index contributed by atoms with van der Waals surface area (Å²) in [5.41, 5.74) is 0.620. The van der Waals surface area contributed by atoms with Gasteiger partial charge < -0.3 is 24.4 Å². The lowest BCUT2D eigenvalue weighted by Crippen LogP contribution is -2.44. The molecule has 1 aliphatic heterocycles. The molecule has 3 atom stereocenters. The summed E-state index contributed by atoms with van der Waals surface area (Å²) in [7, 11) is 0.842. The van der Waals surface area contributed by atoms with E-state index < -0.39 is 10.0 Å². The second-order valence-electron chi connectivity index (χ2n) is 8.52. The van der Waals surface area contributed by atoms with E-state index in [4.69, 9.17) is 14.2 Å². The van der Waals surface area contributed by atoms with Crippen molar-refractivity contribution in [2.45, 2.75) is 30.9 Å². The van der Waals surface area contributed by atoms with Crippen LogP contribution < -0.4 is 19.5 Å². The summed E-state index contributed by atoms with van der Waals surface area (Å²) in [6.07, 6.45) is -0.135. The number of rotatable bonds is 5. The van der Waals surface area contributed by atoms with E-state index in [9.17, 15) is 13.2 Å². The molecule has 0 aliphatic carbocycles. The fraction of sp³-hybridized carbons (Fsp3) is 0.458. The number of hydrogen-bond acceptors (Lipinski definition) is 7. The molecule has 2 aromatic rings. The number of carbonyl (C=O) groups is 1. The molecule has 34 heavy (non-hydrogen) atoms. The van der Waals surface area contributed by atoms with E-state index in [1.165, 1.54) is 19.2 Å². The Balaban J connectivity index is 1.94. The van der Waals surface area contributed by atoms with Crippen LogP contribution >= 0.6 is 0 Å². The molecule has 0 bridgehead atoms. The number of anilines is 1. The van der Waals surface area contributed by atoms with E-state index in [1.54, 1.807) is 49.4 Å². The first-order valence-electron chi connectivity index (χ1n) is 11.1. The third kappa shape index (κ3) is 5.99. The Morgan fingerprint density at radius 3 is 2.59 bits per heavy atom. The average molecular weight is 492 g/mol. The van der Waals surface area contributed by atoms with Gasteiger partial charge in [-0.2, -0.15) is 0 Å². The summed E-state index contributed by atoms with van der Waals surface area (Å²) in [5, 5.41) is 3.42. The number of para-hydroxylation sites is 1. The number of ether oxygens (including phenoxy) is 3. The molecule has 0 fully saturated rings. The highest BCUT2D eigenvalue weighted by atomic mass is 32.2. The number of carbonyl (C=O) groups excluding carboxylic acids is 1. The highest BCUT2D eigenvalue weighted by Gasteiger charge is 2.26. The van der Waals surface area contributed by atoms with Crippen LogP contribution in [0.2, 0.25) is 0 Å². The standard InChI is InChI=1S/C24H33N3O6S/c1-16-13-25-17(2)15-33-21-12-18(10-11-19(21)24(28)27(3)14-22(16)32-5)26-34(29,30)23-9-7-6-8-20(23)31-4/h6-12,16-17,22,25-26H,13-15H2,1-5H3/t16-,17-,22+/m1/s1. The van der Waals surface area contributed by atoms with Crippen LogP contribution in [0.5, 0.6) is 11.5 Å². The van der Waals surface area contributed by atoms with Crippen LogP contribution in [0.15, 0.2) is 47.4 Å². The maximum atomic E-state index is 13.2. The Bertz CT molecular complexity index is 1110. The number of amides is 1. The Morgan fingerprint density at radius 1 is 1.15 bits per heavy atom. The van der Waals surface area contributed by atoms with Crippen LogP contribution in [-0.4, -0.2) is 72.3 Å². The lowest BCUT2D eigenvalue weighted by atomic mass is 10.0.